The van der Waals surface area contributed by atoms with Gasteiger partial charge >= 0.3 is 0 Å². The van der Waals surface area contributed by atoms with Crippen LogP contribution >= 0.6 is 11.3 Å². The van der Waals surface area contributed by atoms with Crippen LogP contribution in [0.4, 0.5) is 17.1 Å². The van der Waals surface area contributed by atoms with E-state index >= 15 is 0 Å². The number of benzene rings is 10. The minimum absolute atomic E-state index is 0.550. The van der Waals surface area contributed by atoms with Gasteiger partial charge in [-0.2, -0.15) is 0 Å². The summed E-state index contributed by atoms with van der Waals surface area (Å²) in [5, 5.41) is 7.24. The van der Waals surface area contributed by atoms with Crippen molar-refractivity contribution in [2.45, 2.75) is 5.41 Å². The van der Waals surface area contributed by atoms with E-state index in [1.54, 1.807) is 0 Å². The van der Waals surface area contributed by atoms with Gasteiger partial charge in [0, 0.05) is 71.2 Å². The average molecular weight is 885 g/mol. The lowest BCUT2D eigenvalue weighted by Crippen LogP contribution is -2.28. The van der Waals surface area contributed by atoms with Gasteiger partial charge in [-0.3, -0.25) is 4.98 Å². The molecule has 318 valence electrons. The topological polar surface area (TPSA) is 29.3 Å². The van der Waals surface area contributed by atoms with Crippen molar-refractivity contribution in [1.29, 1.82) is 0 Å². The zero-order valence-corrected chi connectivity index (χ0v) is 37.6. The predicted octanol–water partition coefficient (Wildman–Crippen LogP) is 17.7. The minimum atomic E-state index is -0.550. The Morgan fingerprint density at radius 1 is 0.397 bits per heavy atom. The van der Waals surface area contributed by atoms with Crippen molar-refractivity contribution in [3.63, 3.8) is 0 Å². The molecule has 0 fully saturated rings. The van der Waals surface area contributed by atoms with Crippen molar-refractivity contribution in [1.82, 2.24) is 4.98 Å². The van der Waals surface area contributed by atoms with Gasteiger partial charge in [0.2, 0.25) is 0 Å². The highest BCUT2D eigenvalue weighted by molar-refractivity contribution is 7.26. The summed E-state index contributed by atoms with van der Waals surface area (Å²) >= 11 is 1.88. The first kappa shape index (κ1) is 38.7. The van der Waals surface area contributed by atoms with Crippen molar-refractivity contribution in [3.05, 3.63) is 265 Å². The summed E-state index contributed by atoms with van der Waals surface area (Å²) < 4.78 is 9.14. The molecule has 0 radical (unpaired) electrons. The second kappa shape index (κ2) is 15.2. The van der Waals surface area contributed by atoms with Gasteiger partial charge in [0.05, 0.1) is 11.1 Å². The standard InChI is InChI=1S/C64H40N2OS/c1-2-18-51-47(15-1)48(55-23-12-24-56-53-20-6-10-28-61(53)68-63(55)56)37-38-59(51)66(44-33-29-41(30-34-44)46-21-11-22-54-52-19-5-9-27-60(52)67-62(46)54)45-35-31-42(32-36-45)64(43-14-13-39-65-40-43)57-25-7-3-16-49(57)50-17-4-8-26-58(50)64/h1-40H. The van der Waals surface area contributed by atoms with Crippen molar-refractivity contribution < 1.29 is 4.42 Å². The minimum Gasteiger partial charge on any atom is -0.455 e. The number of furan rings is 1. The second-order valence-electron chi connectivity index (χ2n) is 17.8. The molecule has 0 amide bonds. The van der Waals surface area contributed by atoms with E-state index in [1.807, 2.05) is 35.9 Å². The lowest BCUT2D eigenvalue weighted by Gasteiger charge is -2.34. The molecule has 0 saturated carbocycles. The van der Waals surface area contributed by atoms with Crippen LogP contribution < -0.4 is 4.90 Å². The van der Waals surface area contributed by atoms with E-state index in [0.717, 1.165) is 55.7 Å². The predicted molar refractivity (Wildman–Crippen MR) is 285 cm³/mol. The van der Waals surface area contributed by atoms with Gasteiger partial charge in [-0.1, -0.05) is 182 Å². The van der Waals surface area contributed by atoms with Crippen LogP contribution in [0.5, 0.6) is 0 Å². The Kier molecular flexibility index (Phi) is 8.67. The van der Waals surface area contributed by atoms with Crippen molar-refractivity contribution in [2.75, 3.05) is 4.90 Å². The van der Waals surface area contributed by atoms with E-state index in [-0.39, 0.29) is 0 Å². The number of hydrogen-bond donors (Lipinski definition) is 0. The average Bonchev–Trinajstić information content (AvgIpc) is 4.08. The first-order valence-electron chi connectivity index (χ1n) is 23.2. The molecule has 0 spiro atoms. The van der Waals surface area contributed by atoms with Crippen LogP contribution in [0.25, 0.3) is 86.3 Å². The molecule has 0 atom stereocenters. The molecule has 4 heteroatoms. The zero-order chi connectivity index (χ0) is 44.8. The van der Waals surface area contributed by atoms with Gasteiger partial charge in [-0.15, -0.1) is 11.3 Å². The number of aromatic nitrogens is 1. The van der Waals surface area contributed by atoms with Crippen molar-refractivity contribution in [2.24, 2.45) is 0 Å². The van der Waals surface area contributed by atoms with Crippen LogP contribution in [0.2, 0.25) is 0 Å². The quantitative estimate of drug-likeness (QED) is 0.160. The Labute approximate surface area is 397 Å². The Bertz CT molecular complexity index is 4050. The third kappa shape index (κ3) is 5.68. The molecule has 3 nitrogen and oxygen atoms in total. The first-order chi connectivity index (χ1) is 33.7. The molecule has 10 aromatic carbocycles. The summed E-state index contributed by atoms with van der Waals surface area (Å²) in [5.41, 5.74) is 16.5. The highest BCUT2D eigenvalue weighted by Crippen LogP contribution is 2.56. The monoisotopic (exact) mass is 884 g/mol. The number of nitrogens with zero attached hydrogens (tertiary/aromatic N) is 2. The molecule has 0 unspecified atom stereocenters. The molecule has 0 saturated heterocycles. The molecule has 0 bridgehead atoms. The zero-order valence-electron chi connectivity index (χ0n) is 36.8. The fourth-order valence-electron chi connectivity index (χ4n) is 11.3. The molecule has 68 heavy (non-hydrogen) atoms. The lowest BCUT2D eigenvalue weighted by atomic mass is 9.68. The number of pyridine rings is 1. The molecule has 0 aliphatic heterocycles. The number of anilines is 3. The van der Waals surface area contributed by atoms with Gasteiger partial charge < -0.3 is 9.32 Å². The maximum atomic E-state index is 6.52. The summed E-state index contributed by atoms with van der Waals surface area (Å²) in [4.78, 5) is 7.12. The van der Waals surface area contributed by atoms with E-state index in [9.17, 15) is 0 Å². The Morgan fingerprint density at radius 2 is 1.00 bits per heavy atom. The lowest BCUT2D eigenvalue weighted by molar-refractivity contribution is 0.670. The molecule has 13 aromatic rings. The van der Waals surface area contributed by atoms with Gasteiger partial charge in [-0.05, 0) is 98.4 Å². The van der Waals surface area contributed by atoms with Crippen LogP contribution in [0.1, 0.15) is 22.3 Å². The molecule has 1 aliphatic carbocycles. The highest BCUT2D eigenvalue weighted by atomic mass is 32.1. The number of para-hydroxylation sites is 2. The third-order valence-electron chi connectivity index (χ3n) is 14.3. The van der Waals surface area contributed by atoms with E-state index in [4.69, 9.17) is 9.40 Å². The van der Waals surface area contributed by atoms with Gasteiger partial charge in [0.25, 0.3) is 0 Å². The van der Waals surface area contributed by atoms with E-state index in [0.29, 0.717) is 0 Å². The summed E-state index contributed by atoms with van der Waals surface area (Å²) in [6, 6.07) is 84.1. The summed E-state index contributed by atoms with van der Waals surface area (Å²) in [7, 11) is 0. The van der Waals surface area contributed by atoms with Crippen LogP contribution in [0.15, 0.2) is 247 Å². The van der Waals surface area contributed by atoms with Crippen molar-refractivity contribution in [3.8, 4) is 33.4 Å². The van der Waals surface area contributed by atoms with Crippen molar-refractivity contribution >= 4 is 81.3 Å². The Hall–Kier alpha value is -8.57. The molecular formula is C64H40N2OS. The normalized spacial score (nSPS) is 12.8. The Morgan fingerprint density at radius 3 is 1.75 bits per heavy atom. The van der Waals surface area contributed by atoms with Gasteiger partial charge in [-0.25, -0.2) is 0 Å². The SMILES string of the molecule is c1cncc(C2(c3ccc(N(c4ccc(-c5cccc6c5oc5ccccc56)cc4)c4ccc(-c5cccc6c5sc5ccccc56)c5ccccc45)cc3)c3ccccc3-c3ccccc32)c1. The number of thiophene rings is 1. The van der Waals surface area contributed by atoms with E-state index in [1.165, 1.54) is 69.9 Å². The fourth-order valence-corrected chi connectivity index (χ4v) is 12.6. The van der Waals surface area contributed by atoms with E-state index < -0.39 is 5.41 Å². The molecular weight excluding hydrogens is 845 g/mol. The number of fused-ring (bicyclic) bond motifs is 10. The fraction of sp³-hybridized carbons (Fsp3) is 0.0156. The molecule has 1 aliphatic rings. The van der Waals surface area contributed by atoms with Crippen LogP contribution in [-0.4, -0.2) is 4.98 Å². The largest absolute Gasteiger partial charge is 0.455 e. The smallest absolute Gasteiger partial charge is 0.143 e. The van der Waals surface area contributed by atoms with Crippen LogP contribution in [-0.2, 0) is 5.41 Å². The second-order valence-corrected chi connectivity index (χ2v) is 18.8. The number of rotatable bonds is 7. The van der Waals surface area contributed by atoms with Gasteiger partial charge in [0.15, 0.2) is 0 Å². The highest BCUT2D eigenvalue weighted by Gasteiger charge is 2.46. The number of hydrogen-bond acceptors (Lipinski definition) is 4. The molecule has 14 rings (SSSR count). The third-order valence-corrected chi connectivity index (χ3v) is 15.5. The maximum Gasteiger partial charge on any atom is 0.143 e. The van der Waals surface area contributed by atoms with Crippen LogP contribution in [0, 0.1) is 0 Å². The summed E-state index contributed by atoms with van der Waals surface area (Å²) in [5.74, 6) is 0. The molecule has 3 heterocycles. The molecule has 0 N–H and O–H groups in total. The maximum absolute atomic E-state index is 6.52. The first-order valence-corrected chi connectivity index (χ1v) is 24.0. The summed E-state index contributed by atoms with van der Waals surface area (Å²) in [6.45, 7) is 0. The molecule has 3 aromatic heterocycles. The van der Waals surface area contributed by atoms with Gasteiger partial charge in [0.1, 0.15) is 11.2 Å². The van der Waals surface area contributed by atoms with E-state index in [2.05, 4.69) is 223 Å². The van der Waals surface area contributed by atoms with Crippen LogP contribution in [0.3, 0.4) is 0 Å². The summed E-state index contributed by atoms with van der Waals surface area (Å²) in [6.07, 6.45) is 3.91. The Balaban J connectivity index is 0.961.